The van der Waals surface area contributed by atoms with E-state index in [1.54, 1.807) is 25.4 Å². The number of aliphatic carboxylic acids is 1. The van der Waals surface area contributed by atoms with Crippen LogP contribution in [0.3, 0.4) is 0 Å². The maximum absolute atomic E-state index is 11.4. The summed E-state index contributed by atoms with van der Waals surface area (Å²) >= 11 is 0. The molecule has 0 saturated carbocycles. The van der Waals surface area contributed by atoms with Gasteiger partial charge in [-0.1, -0.05) is 0 Å². The van der Waals surface area contributed by atoms with Crippen molar-refractivity contribution in [2.45, 2.75) is 65.3 Å². The van der Waals surface area contributed by atoms with E-state index in [1.807, 2.05) is 43.7 Å². The summed E-state index contributed by atoms with van der Waals surface area (Å²) in [4.78, 5) is 20.8. The van der Waals surface area contributed by atoms with Crippen LogP contribution < -0.4 is 4.74 Å². The normalized spacial score (nSPS) is 17.0. The highest BCUT2D eigenvalue weighted by molar-refractivity contribution is 5.93. The molecule has 3 aromatic heterocycles. The zero-order chi connectivity index (χ0) is 25.4. The van der Waals surface area contributed by atoms with Gasteiger partial charge in [-0.2, -0.15) is 10.2 Å². The second-order valence-corrected chi connectivity index (χ2v) is 9.35. The van der Waals surface area contributed by atoms with E-state index in [0.29, 0.717) is 29.5 Å². The van der Waals surface area contributed by atoms with Crippen LogP contribution in [-0.2, 0) is 9.53 Å². The number of carbonyl (C=O) groups is 1. The van der Waals surface area contributed by atoms with Gasteiger partial charge >= 0.3 is 5.97 Å². The fourth-order valence-corrected chi connectivity index (χ4v) is 4.43. The monoisotopic (exact) mass is 490 g/mol. The lowest BCUT2D eigenvalue weighted by Gasteiger charge is -2.23. The molecule has 1 fully saturated rings. The summed E-state index contributed by atoms with van der Waals surface area (Å²) in [6, 6.07) is 6.94. The Morgan fingerprint density at radius 3 is 2.75 bits per heavy atom. The van der Waals surface area contributed by atoms with Crippen LogP contribution in [0.1, 0.15) is 58.0 Å². The Bertz CT molecular complexity index is 1400. The standard InChI is InChI=1S/C26H30N6O4/c1-15(2)36-18-8-9-22-19(13-18)24(30-32(22)23-7-5-6-12-35-23)25-27-11-10-21(28-25)20-14-31(29-16(20)3)17(4)26(33)34/h8-11,13-15,17,23H,5-7,12H2,1-4H3,(H,33,34). The van der Waals surface area contributed by atoms with Gasteiger partial charge in [0.1, 0.15) is 17.5 Å². The maximum atomic E-state index is 11.4. The lowest BCUT2D eigenvalue weighted by molar-refractivity contribution is -0.140. The third-order valence-electron chi connectivity index (χ3n) is 6.29. The Morgan fingerprint density at radius 1 is 1.19 bits per heavy atom. The molecule has 188 valence electrons. The second-order valence-electron chi connectivity index (χ2n) is 9.35. The summed E-state index contributed by atoms with van der Waals surface area (Å²) in [5.41, 5.74) is 3.65. The molecule has 5 rings (SSSR count). The molecule has 0 aliphatic carbocycles. The molecule has 1 N–H and O–H groups in total. The lowest BCUT2D eigenvalue weighted by atomic mass is 10.1. The maximum Gasteiger partial charge on any atom is 0.328 e. The SMILES string of the molecule is Cc1nn(C(C)C(=O)O)cc1-c1ccnc(-c2nn(C3CCCCO3)c3ccc(OC(C)C)cc23)n1. The number of rotatable bonds is 7. The summed E-state index contributed by atoms with van der Waals surface area (Å²) in [5, 5.41) is 19.6. The van der Waals surface area contributed by atoms with Crippen LogP contribution in [0.2, 0.25) is 0 Å². The first-order valence-electron chi connectivity index (χ1n) is 12.2. The summed E-state index contributed by atoms with van der Waals surface area (Å²) < 4.78 is 15.4. The molecule has 2 atom stereocenters. The summed E-state index contributed by atoms with van der Waals surface area (Å²) in [7, 11) is 0. The van der Waals surface area contributed by atoms with Gasteiger partial charge in [0.15, 0.2) is 12.1 Å². The molecule has 4 aromatic rings. The van der Waals surface area contributed by atoms with Crippen molar-refractivity contribution in [3.05, 3.63) is 42.4 Å². The Balaban J connectivity index is 1.61. The molecule has 0 spiro atoms. The Hall–Kier alpha value is -3.79. The molecular formula is C26H30N6O4. The van der Waals surface area contributed by atoms with Crippen LogP contribution >= 0.6 is 0 Å². The van der Waals surface area contributed by atoms with E-state index < -0.39 is 12.0 Å². The minimum absolute atomic E-state index is 0.0370. The van der Waals surface area contributed by atoms with Gasteiger partial charge in [0.2, 0.25) is 0 Å². The number of carboxylic acids is 1. The topological polar surface area (TPSA) is 117 Å². The highest BCUT2D eigenvalue weighted by Crippen LogP contribution is 2.34. The molecular weight excluding hydrogens is 460 g/mol. The van der Waals surface area contributed by atoms with Crippen molar-refractivity contribution < 1.29 is 19.4 Å². The zero-order valence-electron chi connectivity index (χ0n) is 20.9. The van der Waals surface area contributed by atoms with Crippen molar-refractivity contribution in [3.63, 3.8) is 0 Å². The van der Waals surface area contributed by atoms with Crippen LogP contribution in [0.25, 0.3) is 33.7 Å². The van der Waals surface area contributed by atoms with E-state index in [2.05, 4.69) is 10.1 Å². The Kier molecular flexibility index (Phi) is 6.44. The smallest absolute Gasteiger partial charge is 0.328 e. The number of hydrogen-bond acceptors (Lipinski definition) is 7. The lowest BCUT2D eigenvalue weighted by Crippen LogP contribution is -2.19. The van der Waals surface area contributed by atoms with Gasteiger partial charge in [0.05, 0.1) is 23.0 Å². The van der Waals surface area contributed by atoms with Gasteiger partial charge in [0, 0.05) is 30.0 Å². The van der Waals surface area contributed by atoms with Crippen molar-refractivity contribution in [1.29, 1.82) is 0 Å². The number of benzene rings is 1. The summed E-state index contributed by atoms with van der Waals surface area (Å²) in [5.74, 6) is 0.264. The third kappa shape index (κ3) is 4.56. The predicted molar refractivity (Wildman–Crippen MR) is 134 cm³/mol. The largest absolute Gasteiger partial charge is 0.491 e. The van der Waals surface area contributed by atoms with E-state index in [9.17, 15) is 9.90 Å². The van der Waals surface area contributed by atoms with Crippen LogP contribution in [0.4, 0.5) is 0 Å². The van der Waals surface area contributed by atoms with Crippen LogP contribution in [0.5, 0.6) is 5.75 Å². The van der Waals surface area contributed by atoms with Gasteiger partial charge in [-0.25, -0.2) is 19.4 Å². The molecule has 0 radical (unpaired) electrons. The zero-order valence-corrected chi connectivity index (χ0v) is 20.9. The predicted octanol–water partition coefficient (Wildman–Crippen LogP) is 4.80. The van der Waals surface area contributed by atoms with Gasteiger partial charge in [-0.3, -0.25) is 4.68 Å². The molecule has 36 heavy (non-hydrogen) atoms. The molecule has 1 aliphatic rings. The number of hydrogen-bond donors (Lipinski definition) is 1. The van der Waals surface area contributed by atoms with Crippen molar-refractivity contribution in [2.75, 3.05) is 6.61 Å². The number of ether oxygens (including phenoxy) is 2. The number of aryl methyl sites for hydroxylation is 1. The number of carboxylic acid groups (broad SMARTS) is 1. The first kappa shape index (κ1) is 23.9. The van der Waals surface area contributed by atoms with E-state index in [-0.39, 0.29) is 12.3 Å². The molecule has 10 heteroatoms. The van der Waals surface area contributed by atoms with Crippen LogP contribution in [-0.4, -0.2) is 53.3 Å². The summed E-state index contributed by atoms with van der Waals surface area (Å²) in [6.07, 6.45) is 6.31. The number of aromatic nitrogens is 6. The Morgan fingerprint density at radius 2 is 2.03 bits per heavy atom. The number of nitrogens with zero attached hydrogens (tertiary/aromatic N) is 6. The molecule has 0 amide bonds. The van der Waals surface area contributed by atoms with Gasteiger partial charge < -0.3 is 14.6 Å². The third-order valence-corrected chi connectivity index (χ3v) is 6.29. The average molecular weight is 491 g/mol. The van der Waals surface area contributed by atoms with E-state index in [4.69, 9.17) is 19.6 Å². The molecule has 4 heterocycles. The second kappa shape index (κ2) is 9.69. The van der Waals surface area contributed by atoms with Crippen LogP contribution in [0.15, 0.2) is 36.7 Å². The van der Waals surface area contributed by atoms with Crippen molar-refractivity contribution in [2.24, 2.45) is 0 Å². The molecule has 2 unspecified atom stereocenters. The minimum atomic E-state index is -0.950. The fourth-order valence-electron chi connectivity index (χ4n) is 4.43. The van der Waals surface area contributed by atoms with Crippen molar-refractivity contribution in [1.82, 2.24) is 29.5 Å². The molecule has 1 saturated heterocycles. The average Bonchev–Trinajstić information content (AvgIpc) is 3.44. The molecule has 0 bridgehead atoms. The van der Waals surface area contributed by atoms with E-state index in [1.165, 1.54) is 4.68 Å². The van der Waals surface area contributed by atoms with Crippen molar-refractivity contribution in [3.8, 4) is 28.5 Å². The minimum Gasteiger partial charge on any atom is -0.491 e. The number of fused-ring (bicyclic) bond motifs is 1. The van der Waals surface area contributed by atoms with E-state index >= 15 is 0 Å². The highest BCUT2D eigenvalue weighted by Gasteiger charge is 2.24. The summed E-state index contributed by atoms with van der Waals surface area (Å²) in [6.45, 7) is 8.12. The van der Waals surface area contributed by atoms with E-state index in [0.717, 1.165) is 41.5 Å². The van der Waals surface area contributed by atoms with Gasteiger partial charge in [0.25, 0.3) is 0 Å². The van der Waals surface area contributed by atoms with Gasteiger partial charge in [-0.15, -0.1) is 0 Å². The van der Waals surface area contributed by atoms with Gasteiger partial charge in [-0.05, 0) is 71.2 Å². The molecule has 10 nitrogen and oxygen atoms in total. The van der Waals surface area contributed by atoms with Crippen LogP contribution in [0, 0.1) is 6.92 Å². The van der Waals surface area contributed by atoms with Crippen molar-refractivity contribution >= 4 is 16.9 Å². The fraction of sp³-hybridized carbons (Fsp3) is 0.423. The Labute approximate surface area is 208 Å². The molecule has 1 aliphatic heterocycles. The first-order valence-corrected chi connectivity index (χ1v) is 12.2. The quantitative estimate of drug-likeness (QED) is 0.393. The molecule has 1 aromatic carbocycles. The highest BCUT2D eigenvalue weighted by atomic mass is 16.5. The first-order chi connectivity index (χ1) is 17.3.